The standard InChI is InChI=1S/C17H15ClN2/c18-15-7-6-14-10-17(11-19,12-20-16(14)8-15)9-13-4-2-1-3-5-13/h1-8,20H,9-10,12H2/t17-/m1/s1. The molecular weight excluding hydrogens is 268 g/mol. The molecule has 1 heterocycles. The third-order valence-electron chi connectivity index (χ3n) is 3.84. The second-order valence-electron chi connectivity index (χ2n) is 5.39. The molecule has 3 heteroatoms. The number of nitrogens with zero attached hydrogens (tertiary/aromatic N) is 1. The van der Waals surface area contributed by atoms with Crippen LogP contribution in [-0.4, -0.2) is 6.54 Å². The Labute approximate surface area is 124 Å². The maximum Gasteiger partial charge on any atom is 0.0826 e. The third-order valence-corrected chi connectivity index (χ3v) is 4.08. The van der Waals surface area contributed by atoms with Crippen LogP contribution in [0.1, 0.15) is 11.1 Å². The topological polar surface area (TPSA) is 35.8 Å². The van der Waals surface area contributed by atoms with Crippen molar-refractivity contribution in [2.45, 2.75) is 12.8 Å². The van der Waals surface area contributed by atoms with Gasteiger partial charge in [0.1, 0.15) is 0 Å². The molecule has 2 aromatic carbocycles. The Morgan fingerprint density at radius 3 is 2.75 bits per heavy atom. The van der Waals surface area contributed by atoms with Crippen LogP contribution in [0.2, 0.25) is 5.02 Å². The van der Waals surface area contributed by atoms with E-state index < -0.39 is 0 Å². The van der Waals surface area contributed by atoms with Crippen molar-refractivity contribution in [3.05, 3.63) is 64.7 Å². The number of fused-ring (bicyclic) bond motifs is 1. The van der Waals surface area contributed by atoms with Gasteiger partial charge in [-0.05, 0) is 36.1 Å². The molecule has 0 aliphatic carbocycles. The van der Waals surface area contributed by atoms with Crippen molar-refractivity contribution < 1.29 is 0 Å². The zero-order valence-corrected chi connectivity index (χ0v) is 11.8. The monoisotopic (exact) mass is 282 g/mol. The van der Waals surface area contributed by atoms with E-state index >= 15 is 0 Å². The zero-order valence-electron chi connectivity index (χ0n) is 11.1. The number of nitriles is 1. The van der Waals surface area contributed by atoms with Gasteiger partial charge in [0, 0.05) is 17.3 Å². The van der Waals surface area contributed by atoms with E-state index in [1.165, 1.54) is 5.56 Å². The SMILES string of the molecule is N#C[C@]1(Cc2ccccc2)CNc2cc(Cl)ccc2C1. The van der Waals surface area contributed by atoms with Gasteiger partial charge in [0.2, 0.25) is 0 Å². The molecule has 1 aliphatic heterocycles. The minimum atomic E-state index is -0.387. The first-order valence-electron chi connectivity index (χ1n) is 6.68. The lowest BCUT2D eigenvalue weighted by Crippen LogP contribution is -2.37. The Morgan fingerprint density at radius 2 is 2.00 bits per heavy atom. The van der Waals surface area contributed by atoms with Crippen molar-refractivity contribution in [3.8, 4) is 6.07 Å². The van der Waals surface area contributed by atoms with Crippen LogP contribution in [-0.2, 0) is 12.8 Å². The molecule has 0 saturated heterocycles. The first-order chi connectivity index (χ1) is 9.71. The molecule has 100 valence electrons. The predicted molar refractivity (Wildman–Crippen MR) is 81.8 cm³/mol. The van der Waals surface area contributed by atoms with Crippen molar-refractivity contribution in [3.63, 3.8) is 0 Å². The molecule has 0 bridgehead atoms. The fourth-order valence-electron chi connectivity index (χ4n) is 2.79. The number of benzene rings is 2. The average Bonchev–Trinajstić information content (AvgIpc) is 2.48. The van der Waals surface area contributed by atoms with Crippen molar-refractivity contribution in [2.24, 2.45) is 5.41 Å². The molecule has 1 aliphatic rings. The summed E-state index contributed by atoms with van der Waals surface area (Å²) in [6, 6.07) is 18.6. The van der Waals surface area contributed by atoms with Crippen molar-refractivity contribution in [2.75, 3.05) is 11.9 Å². The van der Waals surface area contributed by atoms with Crippen molar-refractivity contribution >= 4 is 17.3 Å². The maximum atomic E-state index is 9.67. The fourth-order valence-corrected chi connectivity index (χ4v) is 2.96. The average molecular weight is 283 g/mol. The lowest BCUT2D eigenvalue weighted by Gasteiger charge is -2.33. The van der Waals surface area contributed by atoms with Crippen LogP contribution < -0.4 is 5.32 Å². The highest BCUT2D eigenvalue weighted by atomic mass is 35.5. The van der Waals surface area contributed by atoms with Crippen LogP contribution in [0.15, 0.2) is 48.5 Å². The molecule has 1 N–H and O–H groups in total. The van der Waals surface area contributed by atoms with Crippen LogP contribution in [0, 0.1) is 16.7 Å². The van der Waals surface area contributed by atoms with Crippen molar-refractivity contribution in [1.29, 1.82) is 5.26 Å². The summed E-state index contributed by atoms with van der Waals surface area (Å²) < 4.78 is 0. The fraction of sp³-hybridized carbons (Fsp3) is 0.235. The first-order valence-corrected chi connectivity index (χ1v) is 7.06. The molecule has 0 saturated carbocycles. The van der Waals surface area contributed by atoms with E-state index in [4.69, 9.17) is 11.6 Å². The van der Waals surface area contributed by atoms with E-state index in [0.717, 1.165) is 29.1 Å². The molecule has 1 atom stereocenters. The summed E-state index contributed by atoms with van der Waals surface area (Å²) in [7, 11) is 0. The minimum absolute atomic E-state index is 0.387. The molecule has 0 spiro atoms. The van der Waals surface area contributed by atoms with E-state index in [1.807, 2.05) is 36.4 Å². The van der Waals surface area contributed by atoms with Gasteiger partial charge in [-0.2, -0.15) is 5.26 Å². The number of anilines is 1. The highest BCUT2D eigenvalue weighted by Crippen LogP contribution is 2.36. The molecule has 0 radical (unpaired) electrons. The molecule has 2 nitrogen and oxygen atoms in total. The van der Waals surface area contributed by atoms with Crippen LogP contribution in [0.5, 0.6) is 0 Å². The Bertz CT molecular complexity index is 660. The van der Waals surface area contributed by atoms with Gasteiger partial charge < -0.3 is 5.32 Å². The summed E-state index contributed by atoms with van der Waals surface area (Å²) in [5, 5.41) is 13.8. The van der Waals surface area contributed by atoms with E-state index in [9.17, 15) is 5.26 Å². The number of rotatable bonds is 2. The number of halogens is 1. The zero-order chi connectivity index (χ0) is 14.0. The van der Waals surface area contributed by atoms with Crippen LogP contribution >= 0.6 is 11.6 Å². The smallest absolute Gasteiger partial charge is 0.0826 e. The number of hydrogen-bond donors (Lipinski definition) is 1. The highest BCUT2D eigenvalue weighted by molar-refractivity contribution is 6.30. The summed E-state index contributed by atoms with van der Waals surface area (Å²) in [5.41, 5.74) is 3.03. The lowest BCUT2D eigenvalue weighted by molar-refractivity contribution is 0.404. The van der Waals surface area contributed by atoms with E-state index in [-0.39, 0.29) is 5.41 Å². The Hall–Kier alpha value is -1.98. The highest BCUT2D eigenvalue weighted by Gasteiger charge is 2.34. The second-order valence-corrected chi connectivity index (χ2v) is 5.82. The van der Waals surface area contributed by atoms with Crippen molar-refractivity contribution in [1.82, 2.24) is 0 Å². The lowest BCUT2D eigenvalue weighted by atomic mass is 9.75. The van der Waals surface area contributed by atoms with Gasteiger partial charge in [0.15, 0.2) is 0 Å². The Morgan fingerprint density at radius 1 is 1.20 bits per heavy atom. The summed E-state index contributed by atoms with van der Waals surface area (Å²) in [6.07, 6.45) is 1.53. The summed E-state index contributed by atoms with van der Waals surface area (Å²) in [5.74, 6) is 0. The summed E-state index contributed by atoms with van der Waals surface area (Å²) in [4.78, 5) is 0. The summed E-state index contributed by atoms with van der Waals surface area (Å²) >= 11 is 6.01. The Balaban J connectivity index is 1.89. The minimum Gasteiger partial charge on any atom is -0.383 e. The normalized spacial score (nSPS) is 20.6. The van der Waals surface area contributed by atoms with Gasteiger partial charge in [0.05, 0.1) is 11.5 Å². The third kappa shape index (κ3) is 2.50. The molecule has 2 aromatic rings. The van der Waals surface area contributed by atoms with Gasteiger partial charge in [-0.3, -0.25) is 0 Å². The predicted octanol–water partition coefficient (Wildman–Crippen LogP) is 4.06. The second kappa shape index (κ2) is 5.19. The van der Waals surface area contributed by atoms with Gasteiger partial charge in [-0.15, -0.1) is 0 Å². The maximum absolute atomic E-state index is 9.67. The van der Waals surface area contributed by atoms with Gasteiger partial charge in [0.25, 0.3) is 0 Å². The van der Waals surface area contributed by atoms with Crippen LogP contribution in [0.3, 0.4) is 0 Å². The molecule has 0 amide bonds. The van der Waals surface area contributed by atoms with E-state index in [2.05, 4.69) is 23.5 Å². The van der Waals surface area contributed by atoms with Crippen LogP contribution in [0.25, 0.3) is 0 Å². The molecule has 20 heavy (non-hydrogen) atoms. The van der Waals surface area contributed by atoms with Gasteiger partial charge >= 0.3 is 0 Å². The Kier molecular flexibility index (Phi) is 3.38. The molecule has 0 aromatic heterocycles. The number of nitrogens with one attached hydrogen (secondary N) is 1. The van der Waals surface area contributed by atoms with Gasteiger partial charge in [-0.1, -0.05) is 48.0 Å². The van der Waals surface area contributed by atoms with E-state index in [1.54, 1.807) is 0 Å². The first kappa shape index (κ1) is 13.0. The molecule has 0 fully saturated rings. The quantitative estimate of drug-likeness (QED) is 0.901. The molecule has 0 unspecified atom stereocenters. The van der Waals surface area contributed by atoms with Crippen LogP contribution in [0.4, 0.5) is 5.69 Å². The summed E-state index contributed by atoms with van der Waals surface area (Å²) in [6.45, 7) is 0.658. The van der Waals surface area contributed by atoms with E-state index in [0.29, 0.717) is 6.54 Å². The van der Waals surface area contributed by atoms with Gasteiger partial charge in [-0.25, -0.2) is 0 Å². The molecule has 3 rings (SSSR count). The molecular formula is C17H15ClN2. The number of hydrogen-bond acceptors (Lipinski definition) is 2. The largest absolute Gasteiger partial charge is 0.383 e.